The lowest BCUT2D eigenvalue weighted by molar-refractivity contribution is 0.156. The lowest BCUT2D eigenvalue weighted by atomic mass is 9.94. The number of urea groups is 1. The molecule has 28 heavy (non-hydrogen) atoms. The highest BCUT2D eigenvalue weighted by Crippen LogP contribution is 2.22. The average Bonchev–Trinajstić information content (AvgIpc) is 2.92. The van der Waals surface area contributed by atoms with Gasteiger partial charge in [0.25, 0.3) is 0 Å². The molecule has 1 aliphatic carbocycles. The van der Waals surface area contributed by atoms with Crippen molar-refractivity contribution in [2.24, 2.45) is 5.73 Å². The fourth-order valence-corrected chi connectivity index (χ4v) is 4.71. The van der Waals surface area contributed by atoms with Gasteiger partial charge in [0.05, 0.1) is 0 Å². The van der Waals surface area contributed by atoms with E-state index in [0.717, 1.165) is 70.1 Å². The molecular weight excluding hydrogens is 372 g/mol. The van der Waals surface area contributed by atoms with Gasteiger partial charge in [-0.1, -0.05) is 43.0 Å². The lowest BCUT2D eigenvalue weighted by Crippen LogP contribution is -2.45. The van der Waals surface area contributed by atoms with Gasteiger partial charge < -0.3 is 15.5 Å². The van der Waals surface area contributed by atoms with Gasteiger partial charge in [0.15, 0.2) is 0 Å². The predicted octanol–water partition coefficient (Wildman–Crippen LogP) is 3.95. The van der Waals surface area contributed by atoms with Crippen LogP contribution in [0.1, 0.15) is 50.5 Å². The molecule has 0 radical (unpaired) electrons. The smallest absolute Gasteiger partial charge is 0.315 e. The van der Waals surface area contributed by atoms with Crippen LogP contribution in [0.5, 0.6) is 0 Å². The highest BCUT2D eigenvalue weighted by Gasteiger charge is 2.23. The molecule has 1 saturated carbocycles. The summed E-state index contributed by atoms with van der Waals surface area (Å²) < 4.78 is 0. The quantitative estimate of drug-likeness (QED) is 0.745. The van der Waals surface area contributed by atoms with Crippen molar-refractivity contribution >= 4 is 17.6 Å². The number of rotatable bonds is 7. The average molecular weight is 407 g/mol. The third-order valence-corrected chi connectivity index (χ3v) is 6.42. The highest BCUT2D eigenvalue weighted by molar-refractivity contribution is 6.30. The second-order valence-electron chi connectivity index (χ2n) is 8.27. The fourth-order valence-electron chi connectivity index (χ4n) is 4.58. The van der Waals surface area contributed by atoms with E-state index in [1.165, 1.54) is 31.2 Å². The Hall–Kier alpha value is -1.30. The fraction of sp³-hybridized carbons (Fsp3) is 0.682. The minimum atomic E-state index is -0.239. The molecule has 2 amide bonds. The van der Waals surface area contributed by atoms with Crippen molar-refractivity contribution in [1.29, 1.82) is 0 Å². The number of carbonyl (C=O) groups excluding carboxylic acids is 1. The topological polar surface area (TPSA) is 52.8 Å². The zero-order valence-corrected chi connectivity index (χ0v) is 17.7. The highest BCUT2D eigenvalue weighted by atomic mass is 35.5. The summed E-state index contributed by atoms with van der Waals surface area (Å²) in [4.78, 5) is 18.9. The largest absolute Gasteiger partial charge is 0.351 e. The van der Waals surface area contributed by atoms with Crippen LogP contribution >= 0.6 is 11.6 Å². The Morgan fingerprint density at radius 3 is 2.39 bits per heavy atom. The molecular formula is C22H35ClN4O. The van der Waals surface area contributed by atoms with E-state index in [-0.39, 0.29) is 6.03 Å². The maximum atomic E-state index is 11.9. The number of benzene rings is 1. The molecule has 5 nitrogen and oxygen atoms in total. The molecule has 2 aliphatic rings. The molecule has 3 rings (SSSR count). The number of nitrogens with zero attached hydrogens (tertiary/aromatic N) is 3. The monoisotopic (exact) mass is 406 g/mol. The molecule has 1 saturated heterocycles. The summed E-state index contributed by atoms with van der Waals surface area (Å²) in [6, 6.07) is 8.31. The Balaban J connectivity index is 1.40. The second-order valence-corrected chi connectivity index (χ2v) is 8.71. The van der Waals surface area contributed by atoms with Crippen LogP contribution in [0.2, 0.25) is 5.02 Å². The second kappa shape index (κ2) is 11.0. The van der Waals surface area contributed by atoms with Gasteiger partial charge in [-0.25, -0.2) is 4.79 Å². The molecule has 0 aromatic heterocycles. The van der Waals surface area contributed by atoms with Crippen LogP contribution in [0.4, 0.5) is 4.79 Å². The van der Waals surface area contributed by atoms with Gasteiger partial charge in [-0.3, -0.25) is 4.90 Å². The number of halogens is 1. The van der Waals surface area contributed by atoms with E-state index in [0.29, 0.717) is 6.04 Å². The first kappa shape index (κ1) is 21.4. The van der Waals surface area contributed by atoms with Crippen LogP contribution in [-0.4, -0.2) is 66.0 Å². The van der Waals surface area contributed by atoms with Gasteiger partial charge in [0.2, 0.25) is 0 Å². The summed E-state index contributed by atoms with van der Waals surface area (Å²) >= 11 is 5.99. The number of hydrogen-bond acceptors (Lipinski definition) is 3. The van der Waals surface area contributed by atoms with Crippen LogP contribution in [0.15, 0.2) is 24.3 Å². The van der Waals surface area contributed by atoms with E-state index >= 15 is 0 Å². The SMILES string of the molecule is NC(=O)N(CCCN1CCCN(Cc2ccc(Cl)cc2)CC1)C1CCCCC1. The Labute approximate surface area is 174 Å². The summed E-state index contributed by atoms with van der Waals surface area (Å²) in [5.41, 5.74) is 6.99. The van der Waals surface area contributed by atoms with Gasteiger partial charge in [-0.15, -0.1) is 0 Å². The Morgan fingerprint density at radius 2 is 1.68 bits per heavy atom. The number of nitrogens with two attached hydrogens (primary N) is 1. The van der Waals surface area contributed by atoms with Crippen LogP contribution < -0.4 is 5.73 Å². The number of primary amides is 1. The van der Waals surface area contributed by atoms with Gasteiger partial charge >= 0.3 is 6.03 Å². The van der Waals surface area contributed by atoms with Gasteiger partial charge in [0.1, 0.15) is 0 Å². The van der Waals surface area contributed by atoms with E-state index in [1.54, 1.807) is 0 Å². The molecule has 0 atom stereocenters. The van der Waals surface area contributed by atoms with Crippen molar-refractivity contribution in [3.63, 3.8) is 0 Å². The third-order valence-electron chi connectivity index (χ3n) is 6.17. The van der Waals surface area contributed by atoms with Crippen LogP contribution in [0.25, 0.3) is 0 Å². The Bertz CT molecular complexity index is 603. The Kier molecular flexibility index (Phi) is 8.44. The van der Waals surface area contributed by atoms with Crippen LogP contribution in [0, 0.1) is 0 Å². The Morgan fingerprint density at radius 1 is 1.00 bits per heavy atom. The zero-order chi connectivity index (χ0) is 19.8. The summed E-state index contributed by atoms with van der Waals surface area (Å²) in [6.07, 6.45) is 8.18. The van der Waals surface area contributed by atoms with Crippen molar-refractivity contribution in [1.82, 2.24) is 14.7 Å². The first-order valence-corrected chi connectivity index (χ1v) is 11.2. The summed E-state index contributed by atoms with van der Waals surface area (Å²) in [7, 11) is 0. The molecule has 156 valence electrons. The molecule has 1 aromatic carbocycles. The first-order chi connectivity index (χ1) is 13.6. The number of amides is 2. The van der Waals surface area contributed by atoms with Crippen molar-refractivity contribution in [2.75, 3.05) is 39.3 Å². The normalized spacial score (nSPS) is 20.0. The lowest BCUT2D eigenvalue weighted by Gasteiger charge is -2.33. The van der Waals surface area contributed by atoms with Gasteiger partial charge in [-0.2, -0.15) is 0 Å². The molecule has 0 bridgehead atoms. The molecule has 0 unspecified atom stereocenters. The van der Waals surface area contributed by atoms with Gasteiger partial charge in [-0.05, 0) is 63.0 Å². The van der Waals surface area contributed by atoms with E-state index in [4.69, 9.17) is 17.3 Å². The minimum Gasteiger partial charge on any atom is -0.351 e. The first-order valence-electron chi connectivity index (χ1n) is 10.9. The number of carbonyl (C=O) groups is 1. The predicted molar refractivity (Wildman–Crippen MR) is 116 cm³/mol. The summed E-state index contributed by atoms with van der Waals surface area (Å²) in [5, 5.41) is 0.795. The van der Waals surface area contributed by atoms with Crippen molar-refractivity contribution in [3.8, 4) is 0 Å². The summed E-state index contributed by atoms with van der Waals surface area (Å²) in [6.45, 7) is 7.28. The molecule has 0 spiro atoms. The maximum absolute atomic E-state index is 11.9. The third kappa shape index (κ3) is 6.64. The minimum absolute atomic E-state index is 0.239. The standard InChI is InChI=1S/C22H35ClN4O/c23-20-10-8-19(9-11-20)18-26-14-4-12-25(16-17-26)13-5-15-27(22(24)28)21-6-2-1-3-7-21/h8-11,21H,1-7,12-18H2,(H2,24,28). The maximum Gasteiger partial charge on any atom is 0.315 e. The van der Waals surface area contributed by atoms with Crippen molar-refractivity contribution in [2.45, 2.75) is 57.5 Å². The molecule has 1 aliphatic heterocycles. The van der Waals surface area contributed by atoms with E-state index in [1.807, 2.05) is 17.0 Å². The van der Waals surface area contributed by atoms with Crippen LogP contribution in [-0.2, 0) is 6.54 Å². The molecule has 2 N–H and O–H groups in total. The summed E-state index contributed by atoms with van der Waals surface area (Å²) in [5.74, 6) is 0. The van der Waals surface area contributed by atoms with Gasteiger partial charge in [0, 0.05) is 37.2 Å². The molecule has 1 aromatic rings. The van der Waals surface area contributed by atoms with Crippen LogP contribution in [0.3, 0.4) is 0 Å². The van der Waals surface area contributed by atoms with E-state index in [2.05, 4.69) is 21.9 Å². The molecule has 6 heteroatoms. The van der Waals surface area contributed by atoms with Crippen molar-refractivity contribution < 1.29 is 4.79 Å². The van der Waals surface area contributed by atoms with Crippen molar-refractivity contribution in [3.05, 3.63) is 34.9 Å². The molecule has 2 fully saturated rings. The number of hydrogen-bond donors (Lipinski definition) is 1. The van der Waals surface area contributed by atoms with E-state index in [9.17, 15) is 4.79 Å². The zero-order valence-electron chi connectivity index (χ0n) is 17.0. The molecule has 1 heterocycles. The van der Waals surface area contributed by atoms with E-state index < -0.39 is 0 Å².